The summed E-state index contributed by atoms with van der Waals surface area (Å²) in [6.45, 7) is 1.00. The first-order valence-corrected chi connectivity index (χ1v) is 15.2. The van der Waals surface area contributed by atoms with Crippen LogP contribution in [0.1, 0.15) is 18.5 Å². The van der Waals surface area contributed by atoms with E-state index in [9.17, 15) is 13.6 Å². The molecule has 4 aromatic heterocycles. The Labute approximate surface area is 262 Å². The summed E-state index contributed by atoms with van der Waals surface area (Å²) in [5.74, 6) is -0.0842. The first kappa shape index (κ1) is 28.0. The van der Waals surface area contributed by atoms with Crippen molar-refractivity contribution in [1.82, 2.24) is 39.0 Å². The number of halogens is 2. The molecule has 0 spiro atoms. The topological polar surface area (TPSA) is 109 Å². The number of likely N-dealkylation sites (N-methyl/N-ethyl adjacent to an activating group) is 1. The van der Waals surface area contributed by atoms with E-state index in [-0.39, 0.29) is 17.5 Å². The predicted octanol–water partition coefficient (Wildman–Crippen LogP) is 4.48. The van der Waals surface area contributed by atoms with E-state index < -0.39 is 17.7 Å². The lowest BCUT2D eigenvalue weighted by atomic mass is 10.0. The molecule has 2 aromatic carbocycles. The highest BCUT2D eigenvalue weighted by Gasteiger charge is 2.40. The van der Waals surface area contributed by atoms with Crippen molar-refractivity contribution in [2.75, 3.05) is 30.4 Å². The van der Waals surface area contributed by atoms with Gasteiger partial charge in [0, 0.05) is 74.5 Å². The van der Waals surface area contributed by atoms with Crippen LogP contribution in [0.2, 0.25) is 0 Å². The Morgan fingerprint density at radius 3 is 2.76 bits per heavy atom. The van der Waals surface area contributed by atoms with Crippen molar-refractivity contribution in [2.24, 2.45) is 7.05 Å². The zero-order valence-corrected chi connectivity index (χ0v) is 25.2. The maximum Gasteiger partial charge on any atom is 0.245 e. The molecule has 1 N–H and O–H groups in total. The van der Waals surface area contributed by atoms with Gasteiger partial charge in [-0.25, -0.2) is 28.7 Å². The molecule has 11 nitrogen and oxygen atoms in total. The van der Waals surface area contributed by atoms with E-state index >= 15 is 0 Å². The molecule has 1 saturated heterocycles. The average Bonchev–Trinajstić information content (AvgIpc) is 3.75. The molecule has 0 aliphatic carbocycles. The van der Waals surface area contributed by atoms with E-state index in [1.54, 1.807) is 34.1 Å². The fraction of sp³-hybridized carbons (Fsp3) is 0.273. The summed E-state index contributed by atoms with van der Waals surface area (Å²) in [5.41, 5.74) is 4.53. The van der Waals surface area contributed by atoms with E-state index in [0.717, 1.165) is 46.8 Å². The van der Waals surface area contributed by atoms with Crippen molar-refractivity contribution in [2.45, 2.75) is 31.3 Å². The zero-order valence-electron chi connectivity index (χ0n) is 25.2. The molecule has 232 valence electrons. The summed E-state index contributed by atoms with van der Waals surface area (Å²) in [6.07, 6.45) is 8.61. The van der Waals surface area contributed by atoms with E-state index in [2.05, 4.69) is 26.3 Å². The molecule has 2 atom stereocenters. The normalized spacial score (nSPS) is 18.6. The van der Waals surface area contributed by atoms with Crippen LogP contribution in [0.3, 0.4) is 0 Å². The lowest BCUT2D eigenvalue weighted by Crippen LogP contribution is -2.45. The van der Waals surface area contributed by atoms with Gasteiger partial charge in [0.1, 0.15) is 29.0 Å². The fourth-order valence-corrected chi connectivity index (χ4v) is 6.83. The zero-order chi connectivity index (χ0) is 31.5. The van der Waals surface area contributed by atoms with Gasteiger partial charge in [-0.1, -0.05) is 12.1 Å². The predicted molar refractivity (Wildman–Crippen MR) is 169 cm³/mol. The van der Waals surface area contributed by atoms with Crippen molar-refractivity contribution in [3.63, 3.8) is 0 Å². The highest BCUT2D eigenvalue weighted by atomic mass is 19.1. The molecule has 2 aliphatic heterocycles. The highest BCUT2D eigenvalue weighted by Crippen LogP contribution is 2.34. The SMILES string of the molecule is CN1CCCc2c3c(cccc3nn2C)-c2ccnc(n2)N[C@H]2C[C@@H](C1=O)N(c1nccn3c(-c4ccc(F)cc4F)ncc13)C2. The molecular formula is C33H30F2N10O. The molecule has 6 aromatic rings. The van der Waals surface area contributed by atoms with E-state index in [0.29, 0.717) is 42.6 Å². The number of anilines is 2. The number of rotatable bonds is 2. The molecule has 1 amide bonds. The Hall–Kier alpha value is -5.46. The van der Waals surface area contributed by atoms with Crippen molar-refractivity contribution in [3.05, 3.63) is 84.6 Å². The second-order valence-corrected chi connectivity index (χ2v) is 11.9. The Bertz CT molecular complexity index is 2140. The monoisotopic (exact) mass is 620 g/mol. The lowest BCUT2D eigenvalue weighted by Gasteiger charge is -2.29. The Kier molecular flexibility index (Phi) is 6.62. The number of aromatic nitrogens is 7. The summed E-state index contributed by atoms with van der Waals surface area (Å²) in [4.78, 5) is 36.5. The third-order valence-electron chi connectivity index (χ3n) is 9.00. The minimum atomic E-state index is -0.712. The molecule has 13 heteroatoms. The molecule has 0 radical (unpaired) electrons. The van der Waals surface area contributed by atoms with Gasteiger partial charge in [-0.05, 0) is 43.5 Å². The molecule has 1 fully saturated rings. The van der Waals surface area contributed by atoms with Gasteiger partial charge in [0.15, 0.2) is 5.82 Å². The maximum absolute atomic E-state index is 14.8. The quantitative estimate of drug-likeness (QED) is 0.302. The summed E-state index contributed by atoms with van der Waals surface area (Å²) < 4.78 is 32.1. The highest BCUT2D eigenvalue weighted by molar-refractivity contribution is 5.96. The number of benzene rings is 2. The van der Waals surface area contributed by atoms with Crippen LogP contribution in [0.15, 0.2) is 67.3 Å². The second-order valence-electron chi connectivity index (χ2n) is 11.9. The van der Waals surface area contributed by atoms with Crippen molar-refractivity contribution in [3.8, 4) is 22.6 Å². The summed E-state index contributed by atoms with van der Waals surface area (Å²) in [6, 6.07) is 10.7. The standard InChI is InChI=1S/C33H30F2N10O/c1-42-13-4-7-26-29-22(5-3-6-25(29)41-43(26)2)24-10-11-37-33(40-24)39-20-16-27(32(42)46)45(18-20)31-28-17-38-30(44(28)14-12-36-31)21-9-8-19(34)15-23(21)35/h3,5-6,8-12,14-15,17,20,27H,4,7,13,16,18H2,1-2H3,(H,37,39,40)/t20-,27-/m0/s1. The summed E-state index contributed by atoms with van der Waals surface area (Å²) in [5, 5.41) is 9.29. The third-order valence-corrected chi connectivity index (χ3v) is 9.00. The Balaban J connectivity index is 1.20. The van der Waals surface area contributed by atoms with Gasteiger partial charge in [-0.15, -0.1) is 0 Å². The number of hydrogen-bond donors (Lipinski definition) is 1. The largest absolute Gasteiger partial charge is 0.350 e. The van der Waals surface area contributed by atoms with Crippen LogP contribution in [0, 0.1) is 11.6 Å². The van der Waals surface area contributed by atoms with Gasteiger partial charge in [-0.3, -0.25) is 13.9 Å². The number of amides is 1. The first-order chi connectivity index (χ1) is 22.4. The second kappa shape index (κ2) is 10.9. The van der Waals surface area contributed by atoms with Gasteiger partial charge in [-0.2, -0.15) is 5.10 Å². The number of imidazole rings is 1. The minimum absolute atomic E-state index is 0.0301. The van der Waals surface area contributed by atoms with E-state index in [4.69, 9.17) is 10.1 Å². The van der Waals surface area contributed by atoms with Crippen LogP contribution in [0.25, 0.3) is 39.1 Å². The molecule has 2 aliphatic rings. The number of nitrogens with one attached hydrogen (secondary N) is 1. The molecule has 8 rings (SSSR count). The van der Waals surface area contributed by atoms with Gasteiger partial charge in [0.25, 0.3) is 0 Å². The number of nitrogens with zero attached hydrogens (tertiary/aromatic N) is 9. The minimum Gasteiger partial charge on any atom is -0.350 e. The molecule has 6 heterocycles. The first-order valence-electron chi connectivity index (χ1n) is 15.2. The van der Waals surface area contributed by atoms with Crippen LogP contribution < -0.4 is 10.2 Å². The number of carbonyl (C=O) groups excluding carboxylic acids is 1. The Morgan fingerprint density at radius 2 is 1.89 bits per heavy atom. The Morgan fingerprint density at radius 1 is 1.00 bits per heavy atom. The number of carbonyl (C=O) groups is 1. The average molecular weight is 621 g/mol. The van der Waals surface area contributed by atoms with Gasteiger partial charge in [0.05, 0.1) is 23.0 Å². The molecule has 46 heavy (non-hydrogen) atoms. The van der Waals surface area contributed by atoms with Gasteiger partial charge >= 0.3 is 0 Å². The van der Waals surface area contributed by atoms with Gasteiger partial charge < -0.3 is 15.1 Å². The van der Waals surface area contributed by atoms with Crippen molar-refractivity contribution in [1.29, 1.82) is 0 Å². The molecule has 4 bridgehead atoms. The van der Waals surface area contributed by atoms with Crippen molar-refractivity contribution < 1.29 is 13.6 Å². The molecule has 0 unspecified atom stereocenters. The third kappa shape index (κ3) is 4.61. The molecule has 0 saturated carbocycles. The number of aryl methyl sites for hydroxylation is 2. The fourth-order valence-electron chi connectivity index (χ4n) is 6.83. The lowest BCUT2D eigenvalue weighted by molar-refractivity contribution is -0.131. The smallest absolute Gasteiger partial charge is 0.245 e. The van der Waals surface area contributed by atoms with Crippen LogP contribution in [-0.4, -0.2) is 77.1 Å². The number of fused-ring (bicyclic) bond motifs is 6. The van der Waals surface area contributed by atoms with E-state index in [1.807, 2.05) is 41.9 Å². The van der Waals surface area contributed by atoms with Crippen LogP contribution in [-0.2, 0) is 18.3 Å². The maximum atomic E-state index is 14.8. The van der Waals surface area contributed by atoms with E-state index in [1.165, 1.54) is 12.1 Å². The molecular weight excluding hydrogens is 590 g/mol. The summed E-state index contributed by atoms with van der Waals surface area (Å²) in [7, 11) is 3.78. The van der Waals surface area contributed by atoms with Crippen LogP contribution in [0.5, 0.6) is 0 Å². The van der Waals surface area contributed by atoms with Crippen LogP contribution >= 0.6 is 0 Å². The number of hydrogen-bond acceptors (Lipinski definition) is 8. The van der Waals surface area contributed by atoms with Gasteiger partial charge in [0.2, 0.25) is 11.9 Å². The van der Waals surface area contributed by atoms with Crippen LogP contribution in [0.4, 0.5) is 20.5 Å². The summed E-state index contributed by atoms with van der Waals surface area (Å²) >= 11 is 0. The van der Waals surface area contributed by atoms with Crippen molar-refractivity contribution >= 4 is 34.1 Å².